The summed E-state index contributed by atoms with van der Waals surface area (Å²) in [7, 11) is 0. The number of hydrogen-bond donors (Lipinski definition) is 0. The molecular formula is C15H18N2O2. The van der Waals surface area contributed by atoms with E-state index in [1.165, 1.54) is 5.56 Å². The van der Waals surface area contributed by atoms with E-state index in [-0.39, 0.29) is 5.97 Å². The Morgan fingerprint density at radius 3 is 2.74 bits per heavy atom. The van der Waals surface area contributed by atoms with E-state index in [9.17, 15) is 4.79 Å². The molecule has 1 heterocycles. The summed E-state index contributed by atoms with van der Waals surface area (Å²) < 4.78 is 6.82. The number of benzene rings is 1. The van der Waals surface area contributed by atoms with Gasteiger partial charge in [-0.25, -0.2) is 9.48 Å². The molecule has 0 aliphatic rings. The van der Waals surface area contributed by atoms with E-state index in [0.29, 0.717) is 12.2 Å². The van der Waals surface area contributed by atoms with Gasteiger partial charge in [-0.1, -0.05) is 25.1 Å². The lowest BCUT2D eigenvalue weighted by atomic mass is 10.1. The zero-order valence-corrected chi connectivity index (χ0v) is 11.5. The first-order chi connectivity index (χ1) is 9.19. The first kappa shape index (κ1) is 13.3. The Kier molecular flexibility index (Phi) is 4.00. The quantitative estimate of drug-likeness (QED) is 0.792. The van der Waals surface area contributed by atoms with Crippen molar-refractivity contribution >= 4 is 5.97 Å². The Balaban J connectivity index is 2.44. The van der Waals surface area contributed by atoms with E-state index in [4.69, 9.17) is 4.74 Å². The van der Waals surface area contributed by atoms with Crippen molar-refractivity contribution in [2.45, 2.75) is 27.2 Å². The summed E-state index contributed by atoms with van der Waals surface area (Å²) in [6.45, 7) is 6.15. The van der Waals surface area contributed by atoms with Gasteiger partial charge in [0.05, 0.1) is 24.2 Å². The van der Waals surface area contributed by atoms with Gasteiger partial charge in [0.1, 0.15) is 5.56 Å². The molecular weight excluding hydrogens is 240 g/mol. The Morgan fingerprint density at radius 2 is 2.05 bits per heavy atom. The van der Waals surface area contributed by atoms with Gasteiger partial charge in [-0.05, 0) is 31.9 Å². The normalized spacial score (nSPS) is 10.5. The molecule has 0 amide bonds. The number of nitrogens with zero attached hydrogens (tertiary/aromatic N) is 2. The van der Waals surface area contributed by atoms with E-state index < -0.39 is 0 Å². The number of aromatic nitrogens is 2. The van der Waals surface area contributed by atoms with Gasteiger partial charge in [0.15, 0.2) is 0 Å². The van der Waals surface area contributed by atoms with E-state index in [1.807, 2.05) is 25.1 Å². The van der Waals surface area contributed by atoms with Crippen molar-refractivity contribution in [1.29, 1.82) is 0 Å². The molecule has 2 aromatic rings. The average Bonchev–Trinajstić information content (AvgIpc) is 2.80. The highest BCUT2D eigenvalue weighted by molar-refractivity contribution is 5.90. The van der Waals surface area contributed by atoms with Crippen LogP contribution in [0.25, 0.3) is 5.69 Å². The molecule has 19 heavy (non-hydrogen) atoms. The van der Waals surface area contributed by atoms with Crippen molar-refractivity contribution in [3.05, 3.63) is 47.3 Å². The van der Waals surface area contributed by atoms with Crippen LogP contribution in [0.4, 0.5) is 0 Å². The zero-order chi connectivity index (χ0) is 13.8. The number of carbonyl (C=O) groups is 1. The molecule has 0 saturated heterocycles. The molecule has 0 spiro atoms. The van der Waals surface area contributed by atoms with Crippen LogP contribution in [0.15, 0.2) is 30.5 Å². The molecule has 4 nitrogen and oxygen atoms in total. The summed E-state index contributed by atoms with van der Waals surface area (Å²) in [6.07, 6.45) is 2.49. The molecule has 0 radical (unpaired) electrons. The van der Waals surface area contributed by atoms with Gasteiger partial charge in [-0.3, -0.25) is 0 Å². The second-order valence-electron chi connectivity index (χ2n) is 4.26. The Bertz CT molecular complexity index is 588. The molecule has 0 fully saturated rings. The highest BCUT2D eigenvalue weighted by Gasteiger charge is 2.16. The summed E-state index contributed by atoms with van der Waals surface area (Å²) in [4.78, 5) is 11.8. The number of esters is 1. The molecule has 0 saturated carbocycles. The standard InChI is InChI=1S/C15H18N2O2/c1-4-12-8-6-7-9-14(12)17-11(3)13(10-16-17)15(18)19-5-2/h6-10H,4-5H2,1-3H3. The minimum absolute atomic E-state index is 0.319. The monoisotopic (exact) mass is 258 g/mol. The minimum atomic E-state index is -0.319. The molecule has 0 atom stereocenters. The third-order valence-electron chi connectivity index (χ3n) is 3.11. The van der Waals surface area contributed by atoms with Gasteiger partial charge in [0, 0.05) is 0 Å². The lowest BCUT2D eigenvalue weighted by molar-refractivity contribution is 0.0525. The largest absolute Gasteiger partial charge is 0.462 e. The van der Waals surface area contributed by atoms with Crippen LogP contribution in [-0.4, -0.2) is 22.4 Å². The molecule has 0 unspecified atom stereocenters. The predicted molar refractivity (Wildman–Crippen MR) is 73.6 cm³/mol. The molecule has 0 aliphatic heterocycles. The van der Waals surface area contributed by atoms with Crippen LogP contribution < -0.4 is 0 Å². The number of rotatable bonds is 4. The highest BCUT2D eigenvalue weighted by atomic mass is 16.5. The number of hydrogen-bond acceptors (Lipinski definition) is 3. The van der Waals surface area contributed by atoms with Gasteiger partial charge in [-0.15, -0.1) is 0 Å². The van der Waals surface area contributed by atoms with Crippen molar-refractivity contribution < 1.29 is 9.53 Å². The first-order valence-corrected chi connectivity index (χ1v) is 6.49. The number of ether oxygens (including phenoxy) is 1. The Morgan fingerprint density at radius 1 is 1.32 bits per heavy atom. The van der Waals surface area contributed by atoms with E-state index >= 15 is 0 Å². The van der Waals surface area contributed by atoms with Crippen molar-refractivity contribution in [2.24, 2.45) is 0 Å². The fourth-order valence-corrected chi connectivity index (χ4v) is 2.08. The minimum Gasteiger partial charge on any atom is -0.462 e. The van der Waals surface area contributed by atoms with Crippen LogP contribution in [0.3, 0.4) is 0 Å². The molecule has 0 aliphatic carbocycles. The summed E-state index contributed by atoms with van der Waals surface area (Å²) in [5.41, 5.74) is 3.54. The summed E-state index contributed by atoms with van der Waals surface area (Å²) in [5.74, 6) is -0.319. The average molecular weight is 258 g/mol. The lowest BCUT2D eigenvalue weighted by Gasteiger charge is -2.10. The topological polar surface area (TPSA) is 44.1 Å². The van der Waals surface area contributed by atoms with Crippen molar-refractivity contribution in [3.63, 3.8) is 0 Å². The lowest BCUT2D eigenvalue weighted by Crippen LogP contribution is -2.07. The molecule has 0 N–H and O–H groups in total. The van der Waals surface area contributed by atoms with Crippen LogP contribution in [0.2, 0.25) is 0 Å². The summed E-state index contributed by atoms with van der Waals surface area (Å²) in [5, 5.41) is 4.31. The maximum atomic E-state index is 11.8. The highest BCUT2D eigenvalue weighted by Crippen LogP contribution is 2.19. The van der Waals surface area contributed by atoms with Gasteiger partial charge in [0.2, 0.25) is 0 Å². The third kappa shape index (κ3) is 2.52. The summed E-state index contributed by atoms with van der Waals surface area (Å²) >= 11 is 0. The number of aryl methyl sites for hydroxylation is 1. The van der Waals surface area contributed by atoms with Crippen molar-refractivity contribution in [1.82, 2.24) is 9.78 Å². The smallest absolute Gasteiger partial charge is 0.341 e. The third-order valence-corrected chi connectivity index (χ3v) is 3.11. The molecule has 4 heteroatoms. The molecule has 1 aromatic heterocycles. The van der Waals surface area contributed by atoms with Crippen LogP contribution in [-0.2, 0) is 11.2 Å². The van der Waals surface area contributed by atoms with Crippen molar-refractivity contribution in [3.8, 4) is 5.69 Å². The first-order valence-electron chi connectivity index (χ1n) is 6.49. The fourth-order valence-electron chi connectivity index (χ4n) is 2.08. The van der Waals surface area contributed by atoms with Crippen LogP contribution in [0.1, 0.15) is 35.5 Å². The Labute approximate surface area is 113 Å². The van der Waals surface area contributed by atoms with E-state index in [1.54, 1.807) is 17.8 Å². The SMILES string of the molecule is CCOC(=O)c1cnn(-c2ccccc2CC)c1C. The van der Waals surface area contributed by atoms with E-state index in [0.717, 1.165) is 17.8 Å². The van der Waals surface area contributed by atoms with Gasteiger partial charge in [-0.2, -0.15) is 5.10 Å². The van der Waals surface area contributed by atoms with Crippen LogP contribution >= 0.6 is 0 Å². The van der Waals surface area contributed by atoms with Crippen LogP contribution in [0, 0.1) is 6.92 Å². The van der Waals surface area contributed by atoms with Gasteiger partial charge < -0.3 is 4.74 Å². The maximum Gasteiger partial charge on any atom is 0.341 e. The molecule has 1 aromatic carbocycles. The summed E-state index contributed by atoms with van der Waals surface area (Å²) in [6, 6.07) is 8.06. The van der Waals surface area contributed by atoms with Gasteiger partial charge >= 0.3 is 5.97 Å². The van der Waals surface area contributed by atoms with Crippen molar-refractivity contribution in [2.75, 3.05) is 6.61 Å². The van der Waals surface area contributed by atoms with Gasteiger partial charge in [0.25, 0.3) is 0 Å². The van der Waals surface area contributed by atoms with Crippen LogP contribution in [0.5, 0.6) is 0 Å². The predicted octanol–water partition coefficient (Wildman–Crippen LogP) is 2.92. The maximum absolute atomic E-state index is 11.8. The second kappa shape index (κ2) is 5.69. The Hall–Kier alpha value is -2.10. The number of para-hydroxylation sites is 1. The molecule has 2 rings (SSSR count). The molecule has 100 valence electrons. The molecule has 0 bridgehead atoms. The van der Waals surface area contributed by atoms with E-state index in [2.05, 4.69) is 18.1 Å². The fraction of sp³-hybridized carbons (Fsp3) is 0.333. The number of carbonyl (C=O) groups excluding carboxylic acids is 1. The zero-order valence-electron chi connectivity index (χ0n) is 11.5. The second-order valence-corrected chi connectivity index (χ2v) is 4.26.